The van der Waals surface area contributed by atoms with Crippen LogP contribution in [0, 0.1) is 17.0 Å². The first-order valence-electron chi connectivity index (χ1n) is 6.48. The van der Waals surface area contributed by atoms with Crippen molar-refractivity contribution in [2.24, 2.45) is 0 Å². The van der Waals surface area contributed by atoms with Crippen molar-refractivity contribution >= 4 is 23.2 Å². The van der Waals surface area contributed by atoms with E-state index in [1.807, 2.05) is 0 Å². The highest BCUT2D eigenvalue weighted by Gasteiger charge is 2.45. The first-order chi connectivity index (χ1) is 10.5. The van der Waals surface area contributed by atoms with Crippen molar-refractivity contribution in [1.82, 2.24) is 10.1 Å². The Bertz CT molecular complexity index is 760. The molecule has 3 rings (SSSR count). The van der Waals surface area contributed by atoms with Crippen molar-refractivity contribution in [3.63, 3.8) is 0 Å². The van der Waals surface area contributed by atoms with E-state index in [-0.39, 0.29) is 12.3 Å². The molecule has 0 bridgehead atoms. The molecular formula is C13H11ClN4O4. The molecule has 0 saturated heterocycles. The number of benzene rings is 1. The lowest BCUT2D eigenvalue weighted by atomic mass is 9.84. The zero-order chi connectivity index (χ0) is 15.9. The van der Waals surface area contributed by atoms with Crippen LogP contribution in [0.5, 0.6) is 0 Å². The van der Waals surface area contributed by atoms with Gasteiger partial charge in [-0.25, -0.2) is 0 Å². The van der Waals surface area contributed by atoms with Gasteiger partial charge in [0.05, 0.1) is 5.92 Å². The molecule has 9 heteroatoms. The molecule has 0 saturated carbocycles. The summed E-state index contributed by atoms with van der Waals surface area (Å²) in [5.41, 5.74) is 1.10. The summed E-state index contributed by atoms with van der Waals surface area (Å²) in [5, 5.41) is 17.9. The van der Waals surface area contributed by atoms with Gasteiger partial charge >= 0.3 is 0 Å². The largest absolute Gasteiger partial charge is 0.339 e. The van der Waals surface area contributed by atoms with E-state index in [1.54, 1.807) is 25.1 Å². The second-order valence-electron chi connectivity index (χ2n) is 5.00. The van der Waals surface area contributed by atoms with E-state index in [0.29, 0.717) is 22.1 Å². The molecule has 8 nitrogen and oxygen atoms in total. The van der Waals surface area contributed by atoms with E-state index in [1.165, 1.54) is 0 Å². The molecule has 0 spiro atoms. The summed E-state index contributed by atoms with van der Waals surface area (Å²) in [6.45, 7) is 1.65. The van der Waals surface area contributed by atoms with Gasteiger partial charge in [-0.05, 0) is 24.6 Å². The fourth-order valence-corrected chi connectivity index (χ4v) is 2.77. The molecule has 0 aliphatic carbocycles. The summed E-state index contributed by atoms with van der Waals surface area (Å²) in [6.07, 6.45) is 0.106. The van der Waals surface area contributed by atoms with Crippen molar-refractivity contribution in [3.8, 4) is 0 Å². The molecule has 1 aliphatic rings. The van der Waals surface area contributed by atoms with Gasteiger partial charge in [-0.1, -0.05) is 22.8 Å². The van der Waals surface area contributed by atoms with Crippen LogP contribution in [-0.2, 0) is 11.2 Å². The van der Waals surface area contributed by atoms with Crippen molar-refractivity contribution in [3.05, 3.63) is 50.6 Å². The Kier molecular flexibility index (Phi) is 3.53. The predicted octanol–water partition coefficient (Wildman–Crippen LogP) is 1.96. The van der Waals surface area contributed by atoms with Gasteiger partial charge < -0.3 is 9.84 Å². The Morgan fingerprint density at radius 1 is 1.50 bits per heavy atom. The third kappa shape index (κ3) is 2.52. The van der Waals surface area contributed by atoms with Gasteiger partial charge in [0.15, 0.2) is 5.82 Å². The van der Waals surface area contributed by atoms with Gasteiger partial charge in [0.1, 0.15) is 0 Å². The number of aromatic nitrogens is 2. The number of rotatable bonds is 3. The number of nitrogens with one attached hydrogen (secondary N) is 1. The fraction of sp³-hybridized carbons (Fsp3) is 0.308. The Morgan fingerprint density at radius 2 is 2.27 bits per heavy atom. The Hall–Kier alpha value is -2.48. The number of halogens is 1. The molecule has 2 unspecified atom stereocenters. The van der Waals surface area contributed by atoms with E-state index < -0.39 is 22.8 Å². The number of carbonyl (C=O) groups is 1. The highest BCUT2D eigenvalue weighted by Crippen LogP contribution is 2.37. The lowest BCUT2D eigenvalue weighted by Crippen LogP contribution is -2.44. The Morgan fingerprint density at radius 3 is 2.91 bits per heavy atom. The van der Waals surface area contributed by atoms with Crippen LogP contribution < -0.4 is 5.32 Å². The Balaban J connectivity index is 2.05. The molecule has 1 amide bonds. The SMILES string of the molecule is Cc1noc(CC2c3ccc(Cl)cc3NC(=O)C2[N+](=O)[O-])n1. The maximum Gasteiger partial charge on any atom is 0.299 e. The maximum atomic E-state index is 12.1. The molecule has 114 valence electrons. The minimum Gasteiger partial charge on any atom is -0.339 e. The standard InChI is InChI=1S/C13H11ClN4O4/c1-6-15-11(22-17-6)5-9-8-3-2-7(14)4-10(8)16-13(19)12(9)18(20)21/h2-4,9,12H,5H2,1H3,(H,16,19). The number of nitro groups is 1. The van der Waals surface area contributed by atoms with Crippen LogP contribution in [0.2, 0.25) is 5.02 Å². The van der Waals surface area contributed by atoms with E-state index in [2.05, 4.69) is 15.5 Å². The second kappa shape index (κ2) is 5.38. The highest BCUT2D eigenvalue weighted by molar-refractivity contribution is 6.31. The van der Waals surface area contributed by atoms with Gasteiger partial charge in [-0.3, -0.25) is 14.9 Å². The minimum absolute atomic E-state index is 0.106. The van der Waals surface area contributed by atoms with E-state index in [9.17, 15) is 14.9 Å². The molecule has 1 N–H and O–H groups in total. The van der Waals surface area contributed by atoms with Crippen LogP contribution in [0.1, 0.15) is 23.2 Å². The zero-order valence-electron chi connectivity index (χ0n) is 11.4. The van der Waals surface area contributed by atoms with Gasteiger partial charge in [-0.2, -0.15) is 4.98 Å². The lowest BCUT2D eigenvalue weighted by Gasteiger charge is -2.27. The molecular weight excluding hydrogens is 312 g/mol. The van der Waals surface area contributed by atoms with Gasteiger partial charge in [-0.15, -0.1) is 0 Å². The molecule has 0 fully saturated rings. The monoisotopic (exact) mass is 322 g/mol. The molecule has 1 aromatic carbocycles. The van der Waals surface area contributed by atoms with Crippen molar-refractivity contribution in [1.29, 1.82) is 0 Å². The average Bonchev–Trinajstić information content (AvgIpc) is 2.83. The number of nitrogens with zero attached hydrogens (tertiary/aromatic N) is 3. The summed E-state index contributed by atoms with van der Waals surface area (Å²) >= 11 is 5.91. The molecule has 2 aromatic rings. The molecule has 2 heterocycles. The van der Waals surface area contributed by atoms with E-state index in [0.717, 1.165) is 0 Å². The summed E-state index contributed by atoms with van der Waals surface area (Å²) in [6, 6.07) is 3.44. The van der Waals surface area contributed by atoms with Crippen LogP contribution in [-0.4, -0.2) is 27.0 Å². The Labute approximate surface area is 129 Å². The highest BCUT2D eigenvalue weighted by atomic mass is 35.5. The third-order valence-corrected chi connectivity index (χ3v) is 3.75. The van der Waals surface area contributed by atoms with Crippen LogP contribution in [0.4, 0.5) is 5.69 Å². The number of hydrogen-bond acceptors (Lipinski definition) is 6. The number of hydrogen-bond donors (Lipinski definition) is 1. The maximum absolute atomic E-state index is 12.1. The first-order valence-corrected chi connectivity index (χ1v) is 6.86. The molecule has 1 aliphatic heterocycles. The normalized spacial score (nSPS) is 20.4. The zero-order valence-corrected chi connectivity index (χ0v) is 12.2. The fourth-order valence-electron chi connectivity index (χ4n) is 2.59. The molecule has 22 heavy (non-hydrogen) atoms. The van der Waals surface area contributed by atoms with Crippen LogP contribution >= 0.6 is 11.6 Å². The molecule has 0 radical (unpaired) electrons. The third-order valence-electron chi connectivity index (χ3n) is 3.51. The summed E-state index contributed by atoms with van der Waals surface area (Å²) in [5.74, 6) is -0.689. The van der Waals surface area contributed by atoms with Crippen molar-refractivity contribution in [2.75, 3.05) is 5.32 Å². The average molecular weight is 323 g/mol. The predicted molar refractivity (Wildman–Crippen MR) is 76.3 cm³/mol. The minimum atomic E-state index is -1.42. The summed E-state index contributed by atoms with van der Waals surface area (Å²) < 4.78 is 5.03. The molecule has 1 aromatic heterocycles. The van der Waals surface area contributed by atoms with Crippen LogP contribution in [0.15, 0.2) is 22.7 Å². The smallest absolute Gasteiger partial charge is 0.299 e. The molecule has 2 atom stereocenters. The summed E-state index contributed by atoms with van der Waals surface area (Å²) in [4.78, 5) is 26.8. The van der Waals surface area contributed by atoms with E-state index in [4.69, 9.17) is 16.1 Å². The first kappa shape index (κ1) is 14.5. The van der Waals surface area contributed by atoms with Gasteiger partial charge in [0.25, 0.3) is 11.9 Å². The van der Waals surface area contributed by atoms with Gasteiger partial charge in [0.2, 0.25) is 5.89 Å². The topological polar surface area (TPSA) is 111 Å². The number of aryl methyl sites for hydroxylation is 1. The summed E-state index contributed by atoms with van der Waals surface area (Å²) in [7, 11) is 0. The number of anilines is 1. The lowest BCUT2D eigenvalue weighted by molar-refractivity contribution is -0.511. The van der Waals surface area contributed by atoms with Crippen molar-refractivity contribution < 1.29 is 14.2 Å². The van der Waals surface area contributed by atoms with Gasteiger partial charge in [0, 0.05) is 22.1 Å². The number of fused-ring (bicyclic) bond motifs is 1. The quantitative estimate of drug-likeness (QED) is 0.683. The number of amides is 1. The van der Waals surface area contributed by atoms with E-state index >= 15 is 0 Å². The second-order valence-corrected chi connectivity index (χ2v) is 5.43. The van der Waals surface area contributed by atoms with Crippen LogP contribution in [0.25, 0.3) is 0 Å². The van der Waals surface area contributed by atoms with Crippen molar-refractivity contribution in [2.45, 2.75) is 25.3 Å². The van der Waals surface area contributed by atoms with Crippen LogP contribution in [0.3, 0.4) is 0 Å². The number of carbonyl (C=O) groups excluding carboxylic acids is 1.